The van der Waals surface area contributed by atoms with E-state index < -0.39 is 10.8 Å². The lowest BCUT2D eigenvalue weighted by Crippen LogP contribution is -2.40. The minimum atomic E-state index is -0.821. The van der Waals surface area contributed by atoms with Crippen LogP contribution in [0, 0.1) is 21.4 Å². The highest BCUT2D eigenvalue weighted by Crippen LogP contribution is 2.52. The second-order valence-electron chi connectivity index (χ2n) is 9.48. The van der Waals surface area contributed by atoms with Crippen LogP contribution >= 0.6 is 11.6 Å². The van der Waals surface area contributed by atoms with Crippen molar-refractivity contribution >= 4 is 28.8 Å². The van der Waals surface area contributed by atoms with Gasteiger partial charge >= 0.3 is 0 Å². The van der Waals surface area contributed by atoms with E-state index >= 15 is 0 Å². The topological polar surface area (TPSA) is 132 Å². The molecule has 0 spiro atoms. The van der Waals surface area contributed by atoms with E-state index in [1.165, 1.54) is 37.3 Å². The summed E-state index contributed by atoms with van der Waals surface area (Å²) in [5.41, 5.74) is 9.30. The number of carbonyl (C=O) groups excluding carboxylic acids is 1. The summed E-state index contributed by atoms with van der Waals surface area (Å²) in [5, 5.41) is 22.2. The molecule has 0 fully saturated rings. The van der Waals surface area contributed by atoms with Gasteiger partial charge in [0, 0.05) is 41.5 Å². The Hall–Kier alpha value is -4.81. The molecule has 2 aliphatic rings. The van der Waals surface area contributed by atoms with E-state index in [0.29, 0.717) is 34.8 Å². The number of nitrogens with two attached hydrogens (primary N) is 1. The average molecular weight is 557 g/mol. The zero-order valence-corrected chi connectivity index (χ0v) is 22.5. The molecule has 0 bridgehead atoms. The summed E-state index contributed by atoms with van der Waals surface area (Å²) >= 11 is 6.58. The van der Waals surface area contributed by atoms with Gasteiger partial charge in [-0.15, -0.1) is 0 Å². The Morgan fingerprint density at radius 2 is 1.82 bits per heavy atom. The third-order valence-electron chi connectivity index (χ3n) is 7.37. The number of carbonyl (C=O) groups is 1. The molecule has 202 valence electrons. The van der Waals surface area contributed by atoms with Gasteiger partial charge in [-0.25, -0.2) is 0 Å². The Morgan fingerprint density at radius 1 is 1.07 bits per heavy atom. The fourth-order valence-electron chi connectivity index (χ4n) is 5.52. The van der Waals surface area contributed by atoms with Crippen LogP contribution < -0.4 is 20.1 Å². The van der Waals surface area contributed by atoms with Crippen LogP contribution in [-0.4, -0.2) is 24.9 Å². The highest BCUT2D eigenvalue weighted by atomic mass is 35.5. The molecule has 1 heterocycles. The first-order valence-corrected chi connectivity index (χ1v) is 12.8. The summed E-state index contributed by atoms with van der Waals surface area (Å²) in [6.07, 6.45) is 0.603. The fourth-order valence-corrected chi connectivity index (χ4v) is 5.72. The van der Waals surface area contributed by atoms with Gasteiger partial charge < -0.3 is 15.2 Å². The molecule has 2 atom stereocenters. The summed E-state index contributed by atoms with van der Waals surface area (Å²) in [4.78, 5) is 26.7. The van der Waals surface area contributed by atoms with Crippen LogP contribution in [0.3, 0.4) is 0 Å². The summed E-state index contributed by atoms with van der Waals surface area (Å²) in [6, 6.07) is 21.0. The molecule has 5 rings (SSSR count). The number of allylic oxidation sites excluding steroid dienone is 3. The molecular formula is C30H25ClN4O5. The maximum Gasteiger partial charge on any atom is 0.271 e. The summed E-state index contributed by atoms with van der Waals surface area (Å²) in [5.74, 6) is -0.152. The van der Waals surface area contributed by atoms with E-state index in [1.807, 2.05) is 30.3 Å². The number of benzene rings is 3. The van der Waals surface area contributed by atoms with Crippen LogP contribution in [0.1, 0.15) is 35.8 Å². The zero-order valence-electron chi connectivity index (χ0n) is 21.8. The third kappa shape index (κ3) is 4.52. The quantitative estimate of drug-likeness (QED) is 0.290. The maximum atomic E-state index is 14.1. The van der Waals surface area contributed by atoms with Crippen LogP contribution in [-0.2, 0) is 4.79 Å². The summed E-state index contributed by atoms with van der Waals surface area (Å²) in [7, 11) is 3.03. The molecule has 10 heteroatoms. The van der Waals surface area contributed by atoms with Crippen molar-refractivity contribution in [2.24, 2.45) is 5.73 Å². The Bertz CT molecular complexity index is 1630. The lowest BCUT2D eigenvalue weighted by atomic mass is 9.71. The van der Waals surface area contributed by atoms with Crippen LogP contribution in [0.5, 0.6) is 11.5 Å². The highest BCUT2D eigenvalue weighted by molar-refractivity contribution is 6.33. The number of Topliss-reactive ketones (excluding diaryl/α,β-unsaturated/α-hetero) is 1. The van der Waals surface area contributed by atoms with Gasteiger partial charge in [0.05, 0.1) is 47.4 Å². The Morgan fingerprint density at radius 3 is 2.48 bits per heavy atom. The number of ketones is 1. The molecule has 1 aliphatic carbocycles. The predicted molar refractivity (Wildman–Crippen MR) is 150 cm³/mol. The number of ether oxygens (including phenoxy) is 2. The van der Waals surface area contributed by atoms with Crippen molar-refractivity contribution in [2.75, 3.05) is 19.1 Å². The van der Waals surface area contributed by atoms with Crippen LogP contribution in [0.4, 0.5) is 11.4 Å². The lowest BCUT2D eigenvalue weighted by Gasteiger charge is -2.42. The Labute approximate surface area is 235 Å². The number of nitro groups is 1. The fraction of sp³-hybridized carbons (Fsp3) is 0.200. The molecule has 9 nitrogen and oxygen atoms in total. The van der Waals surface area contributed by atoms with Crippen LogP contribution in [0.2, 0.25) is 5.02 Å². The van der Waals surface area contributed by atoms with Gasteiger partial charge in [-0.3, -0.25) is 19.8 Å². The number of nitriles is 1. The standard InChI is InChI=1S/C30H25ClN4O5/c1-39-20-9-10-21(27(15-20)40-2)28-22(16-32)30(33)34(24-14-19(35(37)38)8-11-23(24)31)25-12-18(13-26(36)29(25)28)17-6-4-3-5-7-17/h3-11,14-15,18,28H,12-13,33H2,1-2H3/t18-,28+/m0/s1. The van der Waals surface area contributed by atoms with E-state index in [2.05, 4.69) is 6.07 Å². The van der Waals surface area contributed by atoms with Crippen molar-refractivity contribution in [1.82, 2.24) is 0 Å². The second kappa shape index (κ2) is 10.8. The first-order chi connectivity index (χ1) is 19.3. The number of nitro benzene ring substituents is 1. The van der Waals surface area contributed by atoms with Crippen molar-refractivity contribution in [3.8, 4) is 17.6 Å². The largest absolute Gasteiger partial charge is 0.497 e. The van der Waals surface area contributed by atoms with Gasteiger partial charge in [-0.1, -0.05) is 48.0 Å². The van der Waals surface area contributed by atoms with Gasteiger partial charge in [-0.2, -0.15) is 5.26 Å². The molecule has 3 aromatic carbocycles. The van der Waals surface area contributed by atoms with Crippen molar-refractivity contribution in [1.29, 1.82) is 5.26 Å². The minimum Gasteiger partial charge on any atom is -0.497 e. The normalized spacial score (nSPS) is 18.8. The zero-order chi connectivity index (χ0) is 28.6. The number of hydrogen-bond acceptors (Lipinski definition) is 8. The SMILES string of the molecule is COc1ccc([C@@H]2C(C#N)=C(N)N(c3cc([N+](=O)[O-])ccc3Cl)C3=C2C(=O)C[C@@H](c2ccccc2)C3)c(OC)c1. The van der Waals surface area contributed by atoms with E-state index in [0.717, 1.165) is 5.56 Å². The molecule has 40 heavy (non-hydrogen) atoms. The molecule has 0 saturated heterocycles. The minimum absolute atomic E-state index is 0.0352. The molecule has 0 radical (unpaired) electrons. The number of halogens is 1. The smallest absolute Gasteiger partial charge is 0.271 e. The number of nitrogens with zero attached hydrogens (tertiary/aromatic N) is 3. The summed E-state index contributed by atoms with van der Waals surface area (Å²) < 4.78 is 11.0. The van der Waals surface area contributed by atoms with Gasteiger partial charge in [0.25, 0.3) is 5.69 Å². The molecule has 0 unspecified atom stereocenters. The first-order valence-electron chi connectivity index (χ1n) is 12.5. The Balaban J connectivity index is 1.79. The van der Waals surface area contributed by atoms with E-state index in [9.17, 15) is 20.2 Å². The van der Waals surface area contributed by atoms with Crippen molar-refractivity contribution in [2.45, 2.75) is 24.7 Å². The average Bonchev–Trinajstić information content (AvgIpc) is 2.97. The second-order valence-corrected chi connectivity index (χ2v) is 9.89. The van der Waals surface area contributed by atoms with Gasteiger partial charge in [-0.05, 0) is 30.0 Å². The van der Waals surface area contributed by atoms with Crippen LogP contribution in [0.15, 0.2) is 89.4 Å². The van der Waals surface area contributed by atoms with Crippen molar-refractivity contribution in [3.05, 3.63) is 116 Å². The van der Waals surface area contributed by atoms with Gasteiger partial charge in [0.15, 0.2) is 5.78 Å². The number of rotatable bonds is 6. The monoisotopic (exact) mass is 556 g/mol. The number of hydrogen-bond donors (Lipinski definition) is 1. The number of methoxy groups -OCH3 is 2. The third-order valence-corrected chi connectivity index (χ3v) is 7.69. The summed E-state index contributed by atoms with van der Waals surface area (Å²) in [6.45, 7) is 0. The van der Waals surface area contributed by atoms with E-state index in [1.54, 1.807) is 18.2 Å². The molecule has 1 aliphatic heterocycles. The van der Waals surface area contributed by atoms with Gasteiger partial charge in [0.1, 0.15) is 17.3 Å². The lowest BCUT2D eigenvalue weighted by molar-refractivity contribution is -0.384. The van der Waals surface area contributed by atoms with E-state index in [-0.39, 0.29) is 45.9 Å². The first kappa shape index (κ1) is 26.8. The van der Waals surface area contributed by atoms with Crippen LogP contribution in [0.25, 0.3) is 0 Å². The number of non-ortho nitro benzene ring substituents is 1. The molecule has 3 aromatic rings. The highest BCUT2D eigenvalue weighted by Gasteiger charge is 2.44. The molecule has 0 amide bonds. The van der Waals surface area contributed by atoms with Gasteiger partial charge in [0.2, 0.25) is 0 Å². The molecule has 0 aromatic heterocycles. The molecule has 2 N–H and O–H groups in total. The number of anilines is 1. The Kier molecular flexibility index (Phi) is 7.20. The van der Waals surface area contributed by atoms with E-state index in [4.69, 9.17) is 26.8 Å². The van der Waals surface area contributed by atoms with Crippen molar-refractivity contribution < 1.29 is 19.2 Å². The predicted octanol–water partition coefficient (Wildman–Crippen LogP) is 5.96. The van der Waals surface area contributed by atoms with Crippen molar-refractivity contribution in [3.63, 3.8) is 0 Å². The maximum absolute atomic E-state index is 14.1. The molecule has 0 saturated carbocycles. The molecular weight excluding hydrogens is 532 g/mol.